The van der Waals surface area contributed by atoms with Gasteiger partial charge in [-0.2, -0.15) is 0 Å². The maximum atomic E-state index is 13.7. The molecule has 1 N–H and O–H groups in total. The third kappa shape index (κ3) is 4.68. The average Bonchev–Trinajstić information content (AvgIpc) is 2.72. The molecule has 0 aliphatic carbocycles. The van der Waals surface area contributed by atoms with Gasteiger partial charge < -0.3 is 15.1 Å². The molecule has 0 saturated carbocycles. The maximum absolute atomic E-state index is 13.7. The van der Waals surface area contributed by atoms with Crippen molar-refractivity contribution in [3.63, 3.8) is 0 Å². The van der Waals surface area contributed by atoms with Crippen molar-refractivity contribution < 1.29 is 14.0 Å². The number of benzene rings is 1. The number of rotatable bonds is 5. The Labute approximate surface area is 158 Å². The lowest BCUT2D eigenvalue weighted by molar-refractivity contribution is 0.0643. The minimum atomic E-state index is -0.392. The highest BCUT2D eigenvalue weighted by Crippen LogP contribution is 2.11. The number of nitrogens with zero attached hydrogens (tertiary/aromatic N) is 3. The van der Waals surface area contributed by atoms with Crippen LogP contribution in [0.25, 0.3) is 0 Å². The molecule has 1 fully saturated rings. The van der Waals surface area contributed by atoms with Gasteiger partial charge in [-0.15, -0.1) is 0 Å². The quantitative estimate of drug-likeness (QED) is 0.874. The van der Waals surface area contributed by atoms with Crippen molar-refractivity contribution in [1.82, 2.24) is 20.1 Å². The van der Waals surface area contributed by atoms with Crippen LogP contribution in [0.15, 0.2) is 42.7 Å². The average molecular weight is 370 g/mol. The molecule has 1 aromatic heterocycles. The summed E-state index contributed by atoms with van der Waals surface area (Å²) in [5, 5.41) is 2.66. The molecular weight excluding hydrogens is 347 g/mol. The summed E-state index contributed by atoms with van der Waals surface area (Å²) >= 11 is 0. The van der Waals surface area contributed by atoms with Gasteiger partial charge in [0.25, 0.3) is 11.8 Å². The molecule has 0 bridgehead atoms. The molecule has 0 unspecified atom stereocenters. The second-order valence-corrected chi connectivity index (χ2v) is 6.46. The fourth-order valence-electron chi connectivity index (χ4n) is 3.05. The van der Waals surface area contributed by atoms with Gasteiger partial charge in [0.05, 0.1) is 11.1 Å². The Hall–Kier alpha value is -2.80. The summed E-state index contributed by atoms with van der Waals surface area (Å²) < 4.78 is 13.7. The van der Waals surface area contributed by atoms with Gasteiger partial charge in [-0.25, -0.2) is 4.39 Å². The molecule has 2 amide bonds. The number of aromatic nitrogens is 1. The molecule has 27 heavy (non-hydrogen) atoms. The highest BCUT2D eigenvalue weighted by molar-refractivity contribution is 5.99. The minimum absolute atomic E-state index is 0.0721. The predicted molar refractivity (Wildman–Crippen MR) is 99.8 cm³/mol. The van der Waals surface area contributed by atoms with Gasteiger partial charge in [0.2, 0.25) is 0 Å². The Morgan fingerprint density at radius 3 is 2.52 bits per heavy atom. The number of carbonyl (C=O) groups excluding carboxylic acids is 2. The van der Waals surface area contributed by atoms with E-state index in [1.807, 2.05) is 0 Å². The van der Waals surface area contributed by atoms with E-state index in [0.29, 0.717) is 24.2 Å². The predicted octanol–water partition coefficient (Wildman–Crippen LogP) is 1.93. The van der Waals surface area contributed by atoms with Crippen LogP contribution in [0.3, 0.4) is 0 Å². The molecule has 1 aliphatic heterocycles. The number of amides is 2. The van der Waals surface area contributed by atoms with Crippen LogP contribution in [0.2, 0.25) is 0 Å². The van der Waals surface area contributed by atoms with Gasteiger partial charge in [0, 0.05) is 50.7 Å². The standard InChI is InChI=1S/C20H23FN4O2/c1-2-24-7-9-25(10-8-24)20(27)17-11-16(12-22-13-17)19(26)23-14-15-5-3-4-6-18(15)21/h3-6,11-13H,2,7-10,14H2,1H3,(H,23,26). The second kappa shape index (κ2) is 8.73. The van der Waals surface area contributed by atoms with E-state index >= 15 is 0 Å². The summed E-state index contributed by atoms with van der Waals surface area (Å²) in [7, 11) is 0. The first kappa shape index (κ1) is 19.0. The van der Waals surface area contributed by atoms with E-state index in [4.69, 9.17) is 0 Å². The molecule has 3 rings (SSSR count). The fraction of sp³-hybridized carbons (Fsp3) is 0.350. The van der Waals surface area contributed by atoms with Crippen molar-refractivity contribution in [2.45, 2.75) is 13.5 Å². The first-order valence-corrected chi connectivity index (χ1v) is 9.06. The number of pyridine rings is 1. The second-order valence-electron chi connectivity index (χ2n) is 6.46. The molecule has 0 radical (unpaired) electrons. The number of piperazine rings is 1. The van der Waals surface area contributed by atoms with Crippen LogP contribution in [0.4, 0.5) is 4.39 Å². The van der Waals surface area contributed by atoms with E-state index in [1.54, 1.807) is 23.1 Å². The molecule has 142 valence electrons. The van der Waals surface area contributed by atoms with Gasteiger partial charge in [-0.05, 0) is 18.7 Å². The minimum Gasteiger partial charge on any atom is -0.348 e. The van der Waals surface area contributed by atoms with Gasteiger partial charge >= 0.3 is 0 Å². The molecule has 6 nitrogen and oxygen atoms in total. The Kier molecular flexibility index (Phi) is 6.13. The lowest BCUT2D eigenvalue weighted by Gasteiger charge is -2.34. The summed E-state index contributed by atoms with van der Waals surface area (Å²) in [6.45, 7) is 6.17. The Bertz CT molecular complexity index is 819. The Balaban J connectivity index is 1.63. The van der Waals surface area contributed by atoms with Crippen LogP contribution in [0.5, 0.6) is 0 Å². The third-order valence-electron chi connectivity index (χ3n) is 4.75. The van der Waals surface area contributed by atoms with E-state index in [0.717, 1.165) is 19.6 Å². The number of carbonyl (C=O) groups is 2. The molecule has 2 aromatic rings. The van der Waals surface area contributed by atoms with E-state index in [9.17, 15) is 14.0 Å². The van der Waals surface area contributed by atoms with Crippen LogP contribution in [0.1, 0.15) is 33.2 Å². The molecular formula is C20H23FN4O2. The normalized spacial score (nSPS) is 14.8. The van der Waals surface area contributed by atoms with Crippen molar-refractivity contribution >= 4 is 11.8 Å². The largest absolute Gasteiger partial charge is 0.348 e. The number of nitrogens with one attached hydrogen (secondary N) is 1. The Morgan fingerprint density at radius 2 is 1.81 bits per heavy atom. The zero-order valence-electron chi connectivity index (χ0n) is 15.3. The summed E-state index contributed by atoms with van der Waals surface area (Å²) in [6.07, 6.45) is 2.88. The topological polar surface area (TPSA) is 65.5 Å². The van der Waals surface area contributed by atoms with Crippen LogP contribution >= 0.6 is 0 Å². The number of hydrogen-bond donors (Lipinski definition) is 1. The van der Waals surface area contributed by atoms with Crippen molar-refractivity contribution in [2.75, 3.05) is 32.7 Å². The number of halogens is 1. The van der Waals surface area contributed by atoms with Crippen LogP contribution in [0, 0.1) is 5.82 Å². The monoisotopic (exact) mass is 370 g/mol. The summed E-state index contributed by atoms with van der Waals surface area (Å²) in [6, 6.07) is 7.81. The molecule has 0 atom stereocenters. The zero-order valence-corrected chi connectivity index (χ0v) is 15.3. The van der Waals surface area contributed by atoms with Crippen molar-refractivity contribution in [2.24, 2.45) is 0 Å². The summed E-state index contributed by atoms with van der Waals surface area (Å²) in [5.74, 6) is -0.885. The van der Waals surface area contributed by atoms with E-state index in [2.05, 4.69) is 22.1 Å². The summed E-state index contributed by atoms with van der Waals surface area (Å²) in [4.78, 5) is 33.1. The molecule has 7 heteroatoms. The van der Waals surface area contributed by atoms with Gasteiger partial charge in [-0.3, -0.25) is 14.6 Å². The Morgan fingerprint density at radius 1 is 1.11 bits per heavy atom. The third-order valence-corrected chi connectivity index (χ3v) is 4.75. The molecule has 2 heterocycles. The van der Waals surface area contributed by atoms with Crippen LogP contribution in [-0.2, 0) is 6.54 Å². The highest BCUT2D eigenvalue weighted by atomic mass is 19.1. The molecule has 1 aromatic carbocycles. The molecule has 1 saturated heterocycles. The molecule has 1 aliphatic rings. The SMILES string of the molecule is CCN1CCN(C(=O)c2cncc(C(=O)NCc3ccccc3F)c2)CC1. The first-order valence-electron chi connectivity index (χ1n) is 9.06. The summed E-state index contributed by atoms with van der Waals surface area (Å²) in [5.41, 5.74) is 1.07. The fourth-order valence-corrected chi connectivity index (χ4v) is 3.05. The van der Waals surface area contributed by atoms with E-state index in [-0.39, 0.29) is 23.8 Å². The van der Waals surface area contributed by atoms with Crippen LogP contribution in [-0.4, -0.2) is 59.3 Å². The smallest absolute Gasteiger partial charge is 0.255 e. The lowest BCUT2D eigenvalue weighted by atomic mass is 10.1. The number of likely N-dealkylation sites (N-methyl/N-ethyl adjacent to an activating group) is 1. The van der Waals surface area contributed by atoms with Crippen molar-refractivity contribution in [3.8, 4) is 0 Å². The number of hydrogen-bond acceptors (Lipinski definition) is 4. The van der Waals surface area contributed by atoms with Gasteiger partial charge in [0.1, 0.15) is 5.82 Å². The maximum Gasteiger partial charge on any atom is 0.255 e. The van der Waals surface area contributed by atoms with E-state index in [1.165, 1.54) is 24.5 Å². The van der Waals surface area contributed by atoms with E-state index < -0.39 is 5.91 Å². The highest BCUT2D eigenvalue weighted by Gasteiger charge is 2.22. The van der Waals surface area contributed by atoms with Gasteiger partial charge in [0.15, 0.2) is 0 Å². The molecule has 0 spiro atoms. The van der Waals surface area contributed by atoms with Crippen molar-refractivity contribution in [1.29, 1.82) is 0 Å². The lowest BCUT2D eigenvalue weighted by Crippen LogP contribution is -2.48. The zero-order chi connectivity index (χ0) is 19.2. The van der Waals surface area contributed by atoms with Gasteiger partial charge in [-0.1, -0.05) is 25.1 Å². The van der Waals surface area contributed by atoms with Crippen LogP contribution < -0.4 is 5.32 Å². The van der Waals surface area contributed by atoms with Crippen molar-refractivity contribution in [3.05, 3.63) is 65.2 Å². The first-order chi connectivity index (χ1) is 13.1.